The van der Waals surface area contributed by atoms with Gasteiger partial charge in [-0.1, -0.05) is 39.5 Å². The minimum atomic E-state index is -2.49. The second-order valence-corrected chi connectivity index (χ2v) is 9.71. The maximum absolute atomic E-state index is 6.10. The molecule has 0 amide bonds. The molecule has 1 rings (SSSR count). The molecule has 0 aromatic heterocycles. The summed E-state index contributed by atoms with van der Waals surface area (Å²) in [5.41, 5.74) is 0. The van der Waals surface area contributed by atoms with Gasteiger partial charge in [0.15, 0.2) is 0 Å². The fourth-order valence-corrected chi connectivity index (χ4v) is 7.44. The Morgan fingerprint density at radius 3 is 1.39 bits per heavy atom. The van der Waals surface area contributed by atoms with Crippen molar-refractivity contribution in [3.8, 4) is 0 Å². The summed E-state index contributed by atoms with van der Waals surface area (Å²) in [6.07, 6.45) is 9.49. The average Bonchev–Trinajstić information content (AvgIpc) is 2.48. The highest BCUT2D eigenvalue weighted by Gasteiger charge is 2.44. The monoisotopic (exact) mass is 344 g/mol. The normalized spacial score (nSPS) is 25.7. The molecule has 1 saturated carbocycles. The molecule has 0 aromatic carbocycles. The van der Waals surface area contributed by atoms with E-state index in [4.69, 9.17) is 13.3 Å². The number of hydrogen-bond acceptors (Lipinski definition) is 3. The highest BCUT2D eigenvalue weighted by atomic mass is 28.4. The van der Waals surface area contributed by atoms with Crippen LogP contribution in [0.25, 0.3) is 0 Å². The summed E-state index contributed by atoms with van der Waals surface area (Å²) in [4.78, 5) is 0. The Hall–Kier alpha value is 0.0969. The minimum absolute atomic E-state index is 0.690. The van der Waals surface area contributed by atoms with Crippen LogP contribution in [0.5, 0.6) is 0 Å². The van der Waals surface area contributed by atoms with Crippen LogP contribution in [-0.2, 0) is 13.3 Å². The van der Waals surface area contributed by atoms with Gasteiger partial charge in [-0.05, 0) is 57.8 Å². The van der Waals surface area contributed by atoms with Crippen LogP contribution < -0.4 is 0 Å². The lowest BCUT2D eigenvalue weighted by atomic mass is 9.73. The Balaban J connectivity index is 2.77. The standard InChI is InChI=1S/C19H40O3Si/c1-6-11-17-13-18(12-7-2)15-19(14-17)16-23(20-8-3,21-9-4)22-10-5/h17-19H,6-16H2,1-5H3. The van der Waals surface area contributed by atoms with Crippen molar-refractivity contribution in [3.63, 3.8) is 0 Å². The molecule has 23 heavy (non-hydrogen) atoms. The third-order valence-electron chi connectivity index (χ3n) is 5.03. The molecule has 0 saturated heterocycles. The van der Waals surface area contributed by atoms with Crippen molar-refractivity contribution in [2.24, 2.45) is 17.8 Å². The maximum Gasteiger partial charge on any atom is 0.501 e. The summed E-state index contributed by atoms with van der Waals surface area (Å²) in [6.45, 7) is 12.9. The molecule has 1 aliphatic rings. The van der Waals surface area contributed by atoms with Crippen molar-refractivity contribution in [1.29, 1.82) is 0 Å². The molecule has 4 heteroatoms. The first kappa shape index (κ1) is 21.1. The smallest absolute Gasteiger partial charge is 0.374 e. The molecular formula is C19H40O3Si. The van der Waals surface area contributed by atoms with E-state index < -0.39 is 8.80 Å². The van der Waals surface area contributed by atoms with Gasteiger partial charge in [-0.15, -0.1) is 0 Å². The fraction of sp³-hybridized carbons (Fsp3) is 1.00. The van der Waals surface area contributed by atoms with E-state index >= 15 is 0 Å². The molecule has 1 fully saturated rings. The van der Waals surface area contributed by atoms with Gasteiger partial charge in [0.1, 0.15) is 0 Å². The van der Waals surface area contributed by atoms with Crippen LogP contribution in [0.2, 0.25) is 6.04 Å². The van der Waals surface area contributed by atoms with Crippen molar-refractivity contribution >= 4 is 8.80 Å². The van der Waals surface area contributed by atoms with Gasteiger partial charge in [-0.25, -0.2) is 0 Å². The molecule has 0 aliphatic heterocycles. The third-order valence-corrected chi connectivity index (χ3v) is 8.29. The van der Waals surface area contributed by atoms with Crippen LogP contribution >= 0.6 is 0 Å². The van der Waals surface area contributed by atoms with Gasteiger partial charge in [0.25, 0.3) is 0 Å². The molecule has 2 atom stereocenters. The molecule has 0 bridgehead atoms. The lowest BCUT2D eigenvalue weighted by molar-refractivity contribution is 0.0602. The van der Waals surface area contributed by atoms with Crippen molar-refractivity contribution in [1.82, 2.24) is 0 Å². The lowest BCUT2D eigenvalue weighted by Crippen LogP contribution is -2.48. The number of hydrogen-bond donors (Lipinski definition) is 0. The zero-order valence-electron chi connectivity index (χ0n) is 16.2. The van der Waals surface area contributed by atoms with Crippen molar-refractivity contribution in [2.45, 2.75) is 85.6 Å². The zero-order chi connectivity index (χ0) is 17.1. The summed E-state index contributed by atoms with van der Waals surface area (Å²) < 4.78 is 18.3. The van der Waals surface area contributed by atoms with Crippen LogP contribution in [0.15, 0.2) is 0 Å². The Morgan fingerprint density at radius 1 is 0.652 bits per heavy atom. The first-order valence-corrected chi connectivity index (χ1v) is 12.0. The Kier molecular flexibility index (Phi) is 10.7. The maximum atomic E-state index is 6.10. The van der Waals surface area contributed by atoms with E-state index in [1.165, 1.54) is 44.9 Å². The summed E-state index contributed by atoms with van der Waals surface area (Å²) >= 11 is 0. The van der Waals surface area contributed by atoms with E-state index in [1.807, 2.05) is 0 Å². The summed E-state index contributed by atoms with van der Waals surface area (Å²) in [6, 6.07) is 1.02. The molecule has 0 heterocycles. The second kappa shape index (κ2) is 11.6. The van der Waals surface area contributed by atoms with Gasteiger partial charge in [-0.3, -0.25) is 0 Å². The minimum Gasteiger partial charge on any atom is -0.374 e. The fourth-order valence-electron chi connectivity index (χ4n) is 4.47. The predicted molar refractivity (Wildman–Crippen MR) is 99.6 cm³/mol. The third kappa shape index (κ3) is 7.25. The van der Waals surface area contributed by atoms with Crippen LogP contribution in [0.4, 0.5) is 0 Å². The van der Waals surface area contributed by atoms with Gasteiger partial charge in [0.05, 0.1) is 0 Å². The van der Waals surface area contributed by atoms with Crippen LogP contribution in [-0.4, -0.2) is 28.6 Å². The highest BCUT2D eigenvalue weighted by molar-refractivity contribution is 6.60. The SMILES string of the molecule is CCCC1CC(CCC)CC(C[Si](OCC)(OCC)OCC)C1. The Labute approximate surface area is 145 Å². The highest BCUT2D eigenvalue weighted by Crippen LogP contribution is 2.41. The Morgan fingerprint density at radius 2 is 1.04 bits per heavy atom. The number of rotatable bonds is 12. The van der Waals surface area contributed by atoms with Gasteiger partial charge in [0, 0.05) is 25.9 Å². The Bertz CT molecular complexity index is 267. The van der Waals surface area contributed by atoms with Crippen LogP contribution in [0, 0.1) is 17.8 Å². The average molecular weight is 345 g/mol. The summed E-state index contributed by atoms with van der Waals surface area (Å²) in [7, 11) is -2.49. The molecule has 3 nitrogen and oxygen atoms in total. The molecule has 2 unspecified atom stereocenters. The lowest BCUT2D eigenvalue weighted by Gasteiger charge is -2.38. The van der Waals surface area contributed by atoms with E-state index in [-0.39, 0.29) is 0 Å². The predicted octanol–water partition coefficient (Wildman–Crippen LogP) is 5.67. The van der Waals surface area contributed by atoms with Gasteiger partial charge in [0.2, 0.25) is 0 Å². The van der Waals surface area contributed by atoms with Gasteiger partial charge >= 0.3 is 8.80 Å². The largest absolute Gasteiger partial charge is 0.501 e. The van der Waals surface area contributed by atoms with E-state index in [1.54, 1.807) is 0 Å². The van der Waals surface area contributed by atoms with E-state index in [2.05, 4.69) is 34.6 Å². The quantitative estimate of drug-likeness (QED) is 0.427. The van der Waals surface area contributed by atoms with Crippen molar-refractivity contribution < 1.29 is 13.3 Å². The van der Waals surface area contributed by atoms with Crippen molar-refractivity contribution in [2.75, 3.05) is 19.8 Å². The van der Waals surface area contributed by atoms with E-state index in [0.717, 1.165) is 17.9 Å². The topological polar surface area (TPSA) is 27.7 Å². The van der Waals surface area contributed by atoms with Gasteiger partial charge < -0.3 is 13.3 Å². The van der Waals surface area contributed by atoms with Crippen LogP contribution in [0.3, 0.4) is 0 Å². The first-order chi connectivity index (χ1) is 11.1. The molecular weight excluding hydrogens is 304 g/mol. The molecule has 0 radical (unpaired) electrons. The molecule has 138 valence electrons. The second-order valence-electron chi connectivity index (χ2n) is 7.07. The zero-order valence-corrected chi connectivity index (χ0v) is 17.2. The summed E-state index contributed by atoms with van der Waals surface area (Å²) in [5.74, 6) is 2.51. The van der Waals surface area contributed by atoms with Crippen molar-refractivity contribution in [3.05, 3.63) is 0 Å². The molecule has 0 spiro atoms. The van der Waals surface area contributed by atoms with Gasteiger partial charge in [-0.2, -0.15) is 0 Å². The molecule has 0 N–H and O–H groups in total. The van der Waals surface area contributed by atoms with E-state index in [9.17, 15) is 0 Å². The van der Waals surface area contributed by atoms with Crippen LogP contribution in [0.1, 0.15) is 79.6 Å². The first-order valence-electron chi connectivity index (χ1n) is 10.0. The molecule has 1 aliphatic carbocycles. The summed E-state index contributed by atoms with van der Waals surface area (Å²) in [5, 5.41) is 0. The molecule has 0 aromatic rings. The van der Waals surface area contributed by atoms with E-state index in [0.29, 0.717) is 25.7 Å².